The van der Waals surface area contributed by atoms with Gasteiger partial charge in [-0.25, -0.2) is 8.78 Å². The maximum Gasteiger partial charge on any atom is 0.308 e. The second kappa shape index (κ2) is 8.48. The number of halogens is 4. The van der Waals surface area contributed by atoms with Crippen LogP contribution >= 0.6 is 23.2 Å². The van der Waals surface area contributed by atoms with Gasteiger partial charge in [0.15, 0.2) is 11.5 Å². The quantitative estimate of drug-likeness (QED) is 0.491. The summed E-state index contributed by atoms with van der Waals surface area (Å²) in [5, 5.41) is 0.0700. The van der Waals surface area contributed by atoms with Gasteiger partial charge in [-0.05, 0) is 54.6 Å². The molecule has 1 fully saturated rings. The topological polar surface area (TPSA) is 48.0 Å². The molecular weight excluding hydrogens is 475 g/mol. The number of hydrogen-bond acceptors (Lipinski definition) is 4. The average molecular weight is 492 g/mol. The molecule has 9 heteroatoms. The summed E-state index contributed by atoms with van der Waals surface area (Å²) in [6.45, 7) is 1.94. The van der Waals surface area contributed by atoms with E-state index in [4.69, 9.17) is 37.4 Å². The lowest BCUT2D eigenvalue weighted by Crippen LogP contribution is -2.40. The predicted octanol–water partition coefficient (Wildman–Crippen LogP) is 5.42. The van der Waals surface area contributed by atoms with Crippen LogP contribution in [-0.4, -0.2) is 37.1 Å². The summed E-state index contributed by atoms with van der Waals surface area (Å²) >= 11 is 12.7. The Bertz CT molecular complexity index is 1200. The molecule has 0 N–H and O–H groups in total. The van der Waals surface area contributed by atoms with Crippen LogP contribution in [0.5, 0.6) is 11.5 Å². The molecule has 1 amide bonds. The molecule has 0 aromatic heterocycles. The largest absolute Gasteiger partial charge is 0.440 e. The van der Waals surface area contributed by atoms with Gasteiger partial charge in [0.25, 0.3) is 5.91 Å². The van der Waals surface area contributed by atoms with Crippen molar-refractivity contribution < 1.29 is 27.8 Å². The lowest BCUT2D eigenvalue weighted by molar-refractivity contribution is -0.0458. The summed E-state index contributed by atoms with van der Waals surface area (Å²) in [7, 11) is 0. The van der Waals surface area contributed by atoms with E-state index in [0.29, 0.717) is 37.6 Å². The van der Waals surface area contributed by atoms with Gasteiger partial charge in [-0.3, -0.25) is 4.79 Å². The molecule has 0 aliphatic carbocycles. The third-order valence-electron chi connectivity index (χ3n) is 5.57. The Kier molecular flexibility index (Phi) is 5.64. The number of nitrogens with zero attached hydrogens (tertiary/aromatic N) is 1. The van der Waals surface area contributed by atoms with Gasteiger partial charge in [0.1, 0.15) is 11.6 Å². The van der Waals surface area contributed by atoms with Crippen molar-refractivity contribution >= 4 is 29.1 Å². The summed E-state index contributed by atoms with van der Waals surface area (Å²) in [6, 6.07) is 12.3. The van der Waals surface area contributed by atoms with Gasteiger partial charge in [-0.1, -0.05) is 23.2 Å². The first-order chi connectivity index (χ1) is 15.9. The molecule has 2 aliphatic rings. The van der Waals surface area contributed by atoms with Crippen molar-refractivity contribution in [2.75, 3.05) is 26.3 Å². The van der Waals surface area contributed by atoms with E-state index in [2.05, 4.69) is 0 Å². The highest BCUT2D eigenvalue weighted by Gasteiger charge is 2.48. The Hall–Kier alpha value is -2.87. The molecule has 5 rings (SSSR count). The van der Waals surface area contributed by atoms with Crippen molar-refractivity contribution in [2.45, 2.75) is 5.79 Å². The first-order valence-corrected chi connectivity index (χ1v) is 10.9. The monoisotopic (exact) mass is 491 g/mol. The van der Waals surface area contributed by atoms with Crippen LogP contribution in [0.2, 0.25) is 10.0 Å². The summed E-state index contributed by atoms with van der Waals surface area (Å²) in [6.07, 6.45) is 0. The smallest absolute Gasteiger partial charge is 0.308 e. The van der Waals surface area contributed by atoms with Crippen LogP contribution in [0, 0.1) is 11.6 Å². The van der Waals surface area contributed by atoms with E-state index in [1.807, 2.05) is 0 Å². The number of carbonyl (C=O) groups excluding carboxylic acids is 1. The van der Waals surface area contributed by atoms with E-state index in [-0.39, 0.29) is 32.8 Å². The fourth-order valence-electron chi connectivity index (χ4n) is 3.96. The molecule has 0 unspecified atom stereocenters. The molecule has 0 spiro atoms. The zero-order chi connectivity index (χ0) is 23.2. The summed E-state index contributed by atoms with van der Waals surface area (Å²) < 4.78 is 45.3. The average Bonchev–Trinajstić information content (AvgIpc) is 3.18. The fourth-order valence-corrected chi connectivity index (χ4v) is 4.55. The highest BCUT2D eigenvalue weighted by Crippen LogP contribution is 2.51. The molecular formula is C24H17Cl2F2NO4. The van der Waals surface area contributed by atoms with Gasteiger partial charge >= 0.3 is 5.79 Å². The number of benzene rings is 3. The van der Waals surface area contributed by atoms with Gasteiger partial charge < -0.3 is 19.1 Å². The molecule has 5 nitrogen and oxygen atoms in total. The Balaban J connectivity index is 1.59. The van der Waals surface area contributed by atoms with Crippen LogP contribution in [-0.2, 0) is 10.5 Å². The minimum Gasteiger partial charge on any atom is -0.440 e. The molecule has 1 saturated heterocycles. The molecule has 0 atom stereocenters. The minimum atomic E-state index is -1.71. The van der Waals surface area contributed by atoms with E-state index in [1.165, 1.54) is 24.3 Å². The van der Waals surface area contributed by atoms with Gasteiger partial charge in [-0.2, -0.15) is 0 Å². The normalized spacial score (nSPS) is 16.7. The van der Waals surface area contributed by atoms with Crippen molar-refractivity contribution in [1.29, 1.82) is 0 Å². The van der Waals surface area contributed by atoms with Gasteiger partial charge in [-0.15, -0.1) is 0 Å². The number of morpholine rings is 1. The van der Waals surface area contributed by atoms with Crippen molar-refractivity contribution in [3.05, 3.63) is 93.0 Å². The van der Waals surface area contributed by atoms with E-state index >= 15 is 0 Å². The Morgan fingerprint density at radius 1 is 0.818 bits per heavy atom. The minimum absolute atomic E-state index is 0.0350. The highest BCUT2D eigenvalue weighted by molar-refractivity contribution is 6.32. The Labute approximate surface area is 198 Å². The van der Waals surface area contributed by atoms with Gasteiger partial charge in [0.05, 0.1) is 34.4 Å². The van der Waals surface area contributed by atoms with Crippen LogP contribution in [0.15, 0.2) is 54.6 Å². The van der Waals surface area contributed by atoms with Gasteiger partial charge in [0, 0.05) is 18.7 Å². The lowest BCUT2D eigenvalue weighted by atomic mass is 9.96. The van der Waals surface area contributed by atoms with Crippen LogP contribution < -0.4 is 9.47 Å². The lowest BCUT2D eigenvalue weighted by Gasteiger charge is -2.30. The SMILES string of the molecule is O=C(c1ccc2c(c1)OC(c1ccc(F)cc1Cl)(c1ccc(F)cc1Cl)O2)N1CCOCC1. The van der Waals surface area contributed by atoms with Gasteiger partial charge in [0.2, 0.25) is 0 Å². The first-order valence-electron chi connectivity index (χ1n) is 10.2. The maximum atomic E-state index is 13.8. The molecule has 33 heavy (non-hydrogen) atoms. The second-order valence-electron chi connectivity index (χ2n) is 7.64. The fraction of sp³-hybridized carbons (Fsp3) is 0.208. The molecule has 2 aliphatic heterocycles. The first kappa shape index (κ1) is 21.9. The standard InChI is InChI=1S/C24H17Cl2F2NO4/c25-19-12-15(27)2-4-17(19)24(18-5-3-16(28)13-20(18)26)32-21-6-1-14(11-22(21)33-24)23(30)29-7-9-31-10-8-29/h1-6,11-13H,7-10H2. The van der Waals surface area contributed by atoms with Crippen LogP contribution in [0.1, 0.15) is 21.5 Å². The molecule has 3 aromatic rings. The number of rotatable bonds is 3. The van der Waals surface area contributed by atoms with Crippen LogP contribution in [0.4, 0.5) is 8.78 Å². The van der Waals surface area contributed by atoms with Crippen LogP contribution in [0.25, 0.3) is 0 Å². The second-order valence-corrected chi connectivity index (χ2v) is 8.45. The summed E-state index contributed by atoms with van der Waals surface area (Å²) in [4.78, 5) is 14.6. The Morgan fingerprint density at radius 2 is 1.39 bits per heavy atom. The number of amides is 1. The third kappa shape index (κ3) is 3.90. The Morgan fingerprint density at radius 3 is 1.97 bits per heavy atom. The zero-order valence-corrected chi connectivity index (χ0v) is 18.6. The maximum absolute atomic E-state index is 13.8. The van der Waals surface area contributed by atoms with E-state index in [0.717, 1.165) is 12.1 Å². The van der Waals surface area contributed by atoms with Crippen molar-refractivity contribution in [3.8, 4) is 11.5 Å². The number of hydrogen-bond donors (Lipinski definition) is 0. The number of carbonyl (C=O) groups is 1. The molecule has 0 saturated carbocycles. The third-order valence-corrected chi connectivity index (χ3v) is 6.19. The number of fused-ring (bicyclic) bond motifs is 1. The molecule has 0 radical (unpaired) electrons. The zero-order valence-electron chi connectivity index (χ0n) is 17.1. The molecule has 0 bridgehead atoms. The highest BCUT2D eigenvalue weighted by atomic mass is 35.5. The summed E-state index contributed by atoms with van der Waals surface area (Å²) in [5.74, 6) is -2.36. The molecule has 2 heterocycles. The van der Waals surface area contributed by atoms with E-state index < -0.39 is 17.4 Å². The molecule has 3 aromatic carbocycles. The molecule has 170 valence electrons. The van der Waals surface area contributed by atoms with Crippen molar-refractivity contribution in [2.24, 2.45) is 0 Å². The van der Waals surface area contributed by atoms with Crippen molar-refractivity contribution in [3.63, 3.8) is 0 Å². The van der Waals surface area contributed by atoms with Crippen LogP contribution in [0.3, 0.4) is 0 Å². The van der Waals surface area contributed by atoms with E-state index in [1.54, 1.807) is 23.1 Å². The number of ether oxygens (including phenoxy) is 3. The van der Waals surface area contributed by atoms with Crippen molar-refractivity contribution in [1.82, 2.24) is 4.90 Å². The van der Waals surface area contributed by atoms with E-state index in [9.17, 15) is 13.6 Å². The predicted molar refractivity (Wildman–Crippen MR) is 118 cm³/mol. The summed E-state index contributed by atoms with van der Waals surface area (Å²) in [5.41, 5.74) is 0.957.